The first-order valence-corrected chi connectivity index (χ1v) is 8.50. The van der Waals surface area contributed by atoms with Crippen LogP contribution in [-0.4, -0.2) is 26.8 Å². The largest absolute Gasteiger partial charge is 0.315 e. The summed E-state index contributed by atoms with van der Waals surface area (Å²) in [6.45, 7) is 5.32. The van der Waals surface area contributed by atoms with Crippen LogP contribution in [0, 0.1) is 24.4 Å². The predicted octanol–water partition coefficient (Wildman–Crippen LogP) is 2.23. The zero-order chi connectivity index (χ0) is 18.0. The van der Waals surface area contributed by atoms with Crippen LogP contribution in [0.3, 0.4) is 0 Å². The van der Waals surface area contributed by atoms with Gasteiger partial charge in [0.05, 0.1) is 12.7 Å². The lowest BCUT2D eigenvalue weighted by atomic mass is 10.1. The third-order valence-corrected chi connectivity index (χ3v) is 4.29. The third-order valence-electron chi connectivity index (χ3n) is 3.91. The van der Waals surface area contributed by atoms with Gasteiger partial charge in [-0.05, 0) is 71.9 Å². The molecule has 3 rings (SSSR count). The second-order valence-corrected chi connectivity index (χ2v) is 6.81. The van der Waals surface area contributed by atoms with E-state index in [1.54, 1.807) is 21.5 Å². The summed E-state index contributed by atoms with van der Waals surface area (Å²) in [7, 11) is 2.02. The summed E-state index contributed by atoms with van der Waals surface area (Å²) < 4.78 is 17.2. The highest BCUT2D eigenvalue weighted by Crippen LogP contribution is 2.12. The van der Waals surface area contributed by atoms with Crippen molar-refractivity contribution in [1.29, 1.82) is 0 Å². The first kappa shape index (κ1) is 17.4. The number of benzene rings is 2. The fourth-order valence-corrected chi connectivity index (χ4v) is 3.16. The molecule has 0 aliphatic carbocycles. The monoisotopic (exact) mass is 358 g/mol. The van der Waals surface area contributed by atoms with Gasteiger partial charge in [-0.1, -0.05) is 18.2 Å². The van der Waals surface area contributed by atoms with Crippen LogP contribution in [0.15, 0.2) is 42.5 Å². The average molecular weight is 358 g/mol. The smallest absolute Gasteiger partial charge is 0.225 e. The van der Waals surface area contributed by atoms with Crippen molar-refractivity contribution in [3.63, 3.8) is 0 Å². The Balaban J connectivity index is 1.78. The Bertz CT molecular complexity index is 926. The van der Waals surface area contributed by atoms with E-state index >= 15 is 0 Å². The molecule has 0 fully saturated rings. The minimum absolute atomic E-state index is 0.220. The molecule has 0 aliphatic rings. The number of aryl methyl sites for hydroxylation is 2. The van der Waals surface area contributed by atoms with Gasteiger partial charge < -0.3 is 4.90 Å². The van der Waals surface area contributed by atoms with Crippen LogP contribution in [0.1, 0.15) is 16.7 Å². The van der Waals surface area contributed by atoms with E-state index in [4.69, 9.17) is 12.2 Å². The van der Waals surface area contributed by atoms with E-state index in [0.29, 0.717) is 18.0 Å². The third kappa shape index (κ3) is 4.18. The maximum absolute atomic E-state index is 13.3. The van der Waals surface area contributed by atoms with E-state index in [-0.39, 0.29) is 5.82 Å². The number of aromatic nitrogens is 4. The minimum atomic E-state index is -0.220. The van der Waals surface area contributed by atoms with Gasteiger partial charge in [0.15, 0.2) is 6.67 Å². The number of nitrogens with one attached hydrogen (secondary N) is 1. The van der Waals surface area contributed by atoms with Gasteiger partial charge in [-0.15, -0.1) is 0 Å². The Labute approximate surface area is 151 Å². The van der Waals surface area contributed by atoms with Crippen LogP contribution in [-0.2, 0) is 13.2 Å². The molecule has 130 valence electrons. The van der Waals surface area contributed by atoms with Gasteiger partial charge in [-0.25, -0.2) is 4.39 Å². The van der Waals surface area contributed by atoms with Crippen molar-refractivity contribution in [3.05, 3.63) is 69.7 Å². The highest BCUT2D eigenvalue weighted by atomic mass is 32.1. The SMILES string of the molecule is Cc1cc(C)cc(-n2nnn(C[NH+](C)Cc3cccc(F)c3)c2=S)c1. The lowest BCUT2D eigenvalue weighted by molar-refractivity contribution is -0.917. The highest BCUT2D eigenvalue weighted by Gasteiger charge is 2.11. The molecule has 0 spiro atoms. The topological polar surface area (TPSA) is 40.1 Å². The zero-order valence-electron chi connectivity index (χ0n) is 14.5. The minimum Gasteiger partial charge on any atom is -0.315 e. The van der Waals surface area contributed by atoms with Crippen molar-refractivity contribution in [2.45, 2.75) is 27.1 Å². The van der Waals surface area contributed by atoms with Gasteiger partial charge in [0.25, 0.3) is 0 Å². The maximum Gasteiger partial charge on any atom is 0.225 e. The zero-order valence-corrected chi connectivity index (χ0v) is 15.3. The second kappa shape index (κ2) is 7.25. The average Bonchev–Trinajstić information content (AvgIpc) is 2.87. The van der Waals surface area contributed by atoms with Crippen molar-refractivity contribution < 1.29 is 9.29 Å². The fourth-order valence-electron chi connectivity index (χ4n) is 2.92. The molecule has 0 amide bonds. The lowest BCUT2D eigenvalue weighted by Gasteiger charge is -2.13. The number of rotatable bonds is 5. The van der Waals surface area contributed by atoms with E-state index < -0.39 is 0 Å². The Kier molecular flexibility index (Phi) is 5.06. The molecule has 1 aromatic heterocycles. The highest BCUT2D eigenvalue weighted by molar-refractivity contribution is 7.71. The summed E-state index contributed by atoms with van der Waals surface area (Å²) in [5.74, 6) is -0.220. The number of tetrazole rings is 1. The number of quaternary nitrogens is 1. The van der Waals surface area contributed by atoms with E-state index in [1.807, 2.05) is 39.1 Å². The van der Waals surface area contributed by atoms with Crippen LogP contribution in [0.4, 0.5) is 4.39 Å². The summed E-state index contributed by atoms with van der Waals surface area (Å²) in [5, 5.41) is 8.38. The van der Waals surface area contributed by atoms with Crippen LogP contribution in [0.2, 0.25) is 0 Å². The Morgan fingerprint density at radius 3 is 2.48 bits per heavy atom. The molecule has 0 aliphatic heterocycles. The molecular weight excluding hydrogens is 337 g/mol. The first-order valence-electron chi connectivity index (χ1n) is 8.09. The van der Waals surface area contributed by atoms with Gasteiger partial charge >= 0.3 is 0 Å². The van der Waals surface area contributed by atoms with Crippen LogP contribution in [0.25, 0.3) is 5.69 Å². The summed E-state index contributed by atoms with van der Waals surface area (Å²) in [4.78, 5) is 1.13. The standard InChI is InChI=1S/C18H20FN5S/c1-13-7-14(2)9-17(8-13)24-18(25)23(20-21-24)12-22(3)11-15-5-4-6-16(19)10-15/h4-10H,11-12H2,1-3H3/p+1. The van der Waals surface area contributed by atoms with E-state index in [9.17, 15) is 4.39 Å². The molecule has 5 nitrogen and oxygen atoms in total. The van der Waals surface area contributed by atoms with Crippen molar-refractivity contribution in [1.82, 2.24) is 19.8 Å². The summed E-state index contributed by atoms with van der Waals surface area (Å²) >= 11 is 5.53. The van der Waals surface area contributed by atoms with Crippen molar-refractivity contribution in [3.8, 4) is 5.69 Å². The molecule has 3 aromatic rings. The van der Waals surface area contributed by atoms with Crippen LogP contribution >= 0.6 is 12.2 Å². The number of hydrogen-bond acceptors (Lipinski definition) is 3. The molecule has 1 heterocycles. The second-order valence-electron chi connectivity index (χ2n) is 6.44. The van der Waals surface area contributed by atoms with Gasteiger partial charge in [-0.3, -0.25) is 0 Å². The van der Waals surface area contributed by atoms with E-state index in [2.05, 4.69) is 16.5 Å². The molecule has 25 heavy (non-hydrogen) atoms. The first-order chi connectivity index (χ1) is 11.9. The van der Waals surface area contributed by atoms with E-state index in [1.165, 1.54) is 6.07 Å². The number of nitrogens with zero attached hydrogens (tertiary/aromatic N) is 4. The van der Waals surface area contributed by atoms with Crippen LogP contribution in [0.5, 0.6) is 0 Å². The van der Waals surface area contributed by atoms with Crippen LogP contribution < -0.4 is 4.90 Å². The van der Waals surface area contributed by atoms with Gasteiger partial charge in [0, 0.05) is 5.56 Å². The Morgan fingerprint density at radius 1 is 1.08 bits per heavy atom. The molecule has 1 N–H and O–H groups in total. The normalized spacial score (nSPS) is 12.3. The number of hydrogen-bond donors (Lipinski definition) is 1. The van der Waals surface area contributed by atoms with Crippen molar-refractivity contribution in [2.24, 2.45) is 0 Å². The fraction of sp³-hybridized carbons (Fsp3) is 0.278. The summed E-state index contributed by atoms with van der Waals surface area (Å²) in [6, 6.07) is 12.8. The van der Waals surface area contributed by atoms with Gasteiger partial charge in [0.2, 0.25) is 4.77 Å². The molecule has 7 heteroatoms. The molecule has 1 atom stereocenters. The lowest BCUT2D eigenvalue weighted by Crippen LogP contribution is -3.07. The Morgan fingerprint density at radius 2 is 1.80 bits per heavy atom. The van der Waals surface area contributed by atoms with Crippen molar-refractivity contribution >= 4 is 12.2 Å². The molecule has 0 saturated carbocycles. The predicted molar refractivity (Wildman–Crippen MR) is 96.6 cm³/mol. The van der Waals surface area contributed by atoms with Gasteiger partial charge in [-0.2, -0.15) is 9.36 Å². The molecule has 0 radical (unpaired) electrons. The summed E-state index contributed by atoms with van der Waals surface area (Å²) in [6.07, 6.45) is 0. The summed E-state index contributed by atoms with van der Waals surface area (Å²) in [5.41, 5.74) is 4.16. The van der Waals surface area contributed by atoms with Crippen molar-refractivity contribution in [2.75, 3.05) is 7.05 Å². The molecule has 0 bridgehead atoms. The quantitative estimate of drug-likeness (QED) is 0.711. The number of halogens is 1. The molecular formula is C18H21FN5S+. The molecule has 0 saturated heterocycles. The maximum atomic E-state index is 13.3. The molecule has 2 aromatic carbocycles. The Hall–Kier alpha value is -2.38. The van der Waals surface area contributed by atoms with Gasteiger partial charge in [0.1, 0.15) is 12.4 Å². The van der Waals surface area contributed by atoms with E-state index in [0.717, 1.165) is 27.3 Å². The molecule has 1 unspecified atom stereocenters.